The van der Waals surface area contributed by atoms with Crippen LogP contribution >= 0.6 is 21.6 Å². The third kappa shape index (κ3) is 26.3. The van der Waals surface area contributed by atoms with E-state index in [9.17, 15) is 19.5 Å². The molecule has 0 aliphatic heterocycles. The molecule has 0 aromatic carbocycles. The second-order valence-electron chi connectivity index (χ2n) is 11.6. The highest BCUT2D eigenvalue weighted by Gasteiger charge is 2.37. The Hall–Kier alpha value is -3.26. The molecule has 276 valence electrons. The Morgan fingerprint density at radius 1 is 0.857 bits per heavy atom. The summed E-state index contributed by atoms with van der Waals surface area (Å²) in [7, 11) is 4.33. The predicted molar refractivity (Wildman–Crippen MR) is 207 cm³/mol. The van der Waals surface area contributed by atoms with Crippen LogP contribution in [-0.4, -0.2) is 94.7 Å². The van der Waals surface area contributed by atoms with E-state index >= 15 is 0 Å². The fourth-order valence-electron chi connectivity index (χ4n) is 3.86. The van der Waals surface area contributed by atoms with Gasteiger partial charge in [0.2, 0.25) is 17.7 Å². The number of hydrogen-bond donors (Lipinski definition) is 7. The number of allylic oxidation sites excluding steroid dienone is 12. The summed E-state index contributed by atoms with van der Waals surface area (Å²) >= 11 is 0. The van der Waals surface area contributed by atoms with E-state index in [0.717, 1.165) is 38.5 Å². The molecule has 0 saturated heterocycles. The molecular formula is C36H60N6O5S2. The van der Waals surface area contributed by atoms with E-state index in [4.69, 9.17) is 16.2 Å². The zero-order valence-electron chi connectivity index (χ0n) is 29.7. The van der Waals surface area contributed by atoms with E-state index in [1.54, 1.807) is 13.8 Å². The first-order valence-electron chi connectivity index (χ1n) is 16.8. The topological polar surface area (TPSA) is 181 Å². The van der Waals surface area contributed by atoms with Crippen LogP contribution in [0.1, 0.15) is 72.1 Å². The number of hydrogen-bond acceptors (Lipinski definition) is 8. The van der Waals surface area contributed by atoms with Crippen molar-refractivity contribution < 1.29 is 24.6 Å². The first-order chi connectivity index (χ1) is 23.4. The molecule has 3 amide bonds. The quantitative estimate of drug-likeness (QED) is 0.0211. The smallest absolute Gasteiger partial charge is 0.244 e. The molecule has 0 saturated carbocycles. The van der Waals surface area contributed by atoms with Crippen molar-refractivity contribution in [1.82, 2.24) is 20.9 Å². The summed E-state index contributed by atoms with van der Waals surface area (Å²) in [6.07, 6.45) is 31.4. The van der Waals surface area contributed by atoms with Gasteiger partial charge in [-0.1, -0.05) is 101 Å². The van der Waals surface area contributed by atoms with Gasteiger partial charge >= 0.3 is 0 Å². The Balaban J connectivity index is 4.35. The lowest BCUT2D eigenvalue weighted by atomic mass is 10.0. The third-order valence-corrected chi connectivity index (χ3v) is 9.99. The number of carbonyl (C=O) groups is 3. The maximum Gasteiger partial charge on any atom is 0.244 e. The van der Waals surface area contributed by atoms with Gasteiger partial charge in [-0.2, -0.15) is 0 Å². The molecule has 0 spiro atoms. The van der Waals surface area contributed by atoms with Crippen molar-refractivity contribution in [1.29, 1.82) is 5.41 Å². The lowest BCUT2D eigenvalue weighted by molar-refractivity contribution is -0.130. The number of amides is 3. The Morgan fingerprint density at radius 3 is 1.86 bits per heavy atom. The van der Waals surface area contributed by atoms with Gasteiger partial charge in [-0.25, -0.2) is 0 Å². The van der Waals surface area contributed by atoms with Gasteiger partial charge in [0.15, 0.2) is 5.96 Å². The number of nitrogens with zero attached hydrogens (tertiary/aromatic N) is 1. The zero-order valence-corrected chi connectivity index (χ0v) is 31.4. The van der Waals surface area contributed by atoms with E-state index in [0.29, 0.717) is 25.1 Å². The summed E-state index contributed by atoms with van der Waals surface area (Å²) in [6.45, 7) is 5.30. The molecule has 0 radical (unpaired) electrons. The van der Waals surface area contributed by atoms with Crippen LogP contribution in [0.3, 0.4) is 0 Å². The molecule has 13 heteroatoms. The van der Waals surface area contributed by atoms with Crippen molar-refractivity contribution >= 4 is 45.3 Å². The molecule has 0 fully saturated rings. The van der Waals surface area contributed by atoms with Gasteiger partial charge in [0.05, 0.1) is 19.3 Å². The SMILES string of the molecule is CC/C=C\C/C=C\C/C=C\C/C=C\C/C=C\C/C=C\CCC(=O)NCCSSC(C)(C)[C@H](NC(=O)CN(C)C(=N)N)C(=O)NC[C@@H](O)CO. The maximum atomic E-state index is 13.0. The van der Waals surface area contributed by atoms with Crippen LogP contribution in [-0.2, 0) is 14.4 Å². The molecule has 0 aliphatic carbocycles. The standard InChI is InChI=1S/C36H60N6O5S2/c1-5-6-7-8-9-10-11-12-13-14-15-16-17-18-19-20-21-22-23-24-31(45)39-25-26-48-49-36(2,3)33(34(47)40-27-30(44)29-43)41-32(46)28-42(4)35(37)38/h6-7,9-10,12-13,15-16,18-19,21-22,30,33,43-44H,5,8,11,14,17,20,23-29H2,1-4H3,(H3,37,38)(H,39,45)(H,40,47)(H,41,46)/b7-6-,10-9-,13-12-,16-15-,19-18-,22-21-/t30-,33-/m1/s1. The normalized spacial score (nSPS) is 13.7. The number of carbonyl (C=O) groups excluding carboxylic acids is 3. The second kappa shape index (κ2) is 29.6. The average Bonchev–Trinajstić information content (AvgIpc) is 3.06. The Kier molecular flexibility index (Phi) is 27.7. The van der Waals surface area contributed by atoms with Crippen LogP contribution in [0.2, 0.25) is 0 Å². The van der Waals surface area contributed by atoms with Crippen molar-refractivity contribution in [2.45, 2.75) is 89.0 Å². The minimum absolute atomic E-state index is 0.0362. The average molecular weight is 721 g/mol. The lowest BCUT2D eigenvalue weighted by Gasteiger charge is -2.33. The summed E-state index contributed by atoms with van der Waals surface area (Å²) in [5, 5.41) is 34.3. The van der Waals surface area contributed by atoms with Crippen molar-refractivity contribution in [2.24, 2.45) is 5.73 Å². The first-order valence-corrected chi connectivity index (χ1v) is 19.1. The van der Waals surface area contributed by atoms with Gasteiger partial charge in [-0.3, -0.25) is 19.8 Å². The summed E-state index contributed by atoms with van der Waals surface area (Å²) in [5.41, 5.74) is 5.42. The number of nitrogens with two attached hydrogens (primary N) is 1. The van der Waals surface area contributed by atoms with Gasteiger partial charge in [0, 0.05) is 37.1 Å². The number of aliphatic hydroxyl groups excluding tert-OH is 2. The lowest BCUT2D eigenvalue weighted by Crippen LogP contribution is -2.58. The van der Waals surface area contributed by atoms with Crippen molar-refractivity contribution in [2.75, 3.05) is 39.0 Å². The summed E-state index contributed by atoms with van der Waals surface area (Å²) < 4.78 is -0.788. The molecule has 0 bridgehead atoms. The highest BCUT2D eigenvalue weighted by Crippen LogP contribution is 2.38. The van der Waals surface area contributed by atoms with Crippen LogP contribution in [0.5, 0.6) is 0 Å². The molecular weight excluding hydrogens is 661 g/mol. The van der Waals surface area contributed by atoms with Crippen LogP contribution in [0.25, 0.3) is 0 Å². The zero-order chi connectivity index (χ0) is 36.8. The largest absolute Gasteiger partial charge is 0.394 e. The number of rotatable bonds is 27. The molecule has 0 rings (SSSR count). The number of likely N-dealkylation sites (N-methyl/N-ethyl adjacent to an activating group) is 1. The van der Waals surface area contributed by atoms with Crippen LogP contribution in [0, 0.1) is 5.41 Å². The molecule has 0 aromatic heterocycles. The predicted octanol–water partition coefficient (Wildman–Crippen LogP) is 4.52. The molecule has 49 heavy (non-hydrogen) atoms. The Bertz CT molecular complexity index is 1140. The third-order valence-electron chi connectivity index (χ3n) is 6.69. The monoisotopic (exact) mass is 720 g/mol. The van der Waals surface area contributed by atoms with Gasteiger partial charge in [-0.05, 0) is 58.8 Å². The van der Waals surface area contributed by atoms with Gasteiger partial charge < -0.3 is 36.8 Å². The van der Waals surface area contributed by atoms with Crippen LogP contribution in [0.15, 0.2) is 72.9 Å². The summed E-state index contributed by atoms with van der Waals surface area (Å²) in [5.74, 6) is -0.763. The van der Waals surface area contributed by atoms with Crippen LogP contribution < -0.4 is 21.7 Å². The highest BCUT2D eigenvalue weighted by molar-refractivity contribution is 8.77. The number of nitrogens with one attached hydrogen (secondary N) is 4. The maximum absolute atomic E-state index is 13.0. The molecule has 11 nitrogen and oxygen atoms in total. The molecule has 8 N–H and O–H groups in total. The fourth-order valence-corrected chi connectivity index (χ4v) is 6.40. The molecule has 0 heterocycles. The van der Waals surface area contributed by atoms with E-state index in [2.05, 4.69) is 89.7 Å². The van der Waals surface area contributed by atoms with E-state index in [-0.39, 0.29) is 25.0 Å². The molecule has 0 unspecified atom stereocenters. The first kappa shape index (κ1) is 45.7. The van der Waals surface area contributed by atoms with E-state index in [1.807, 2.05) is 6.08 Å². The fraction of sp³-hybridized carbons (Fsp3) is 0.556. The molecule has 0 aromatic rings. The van der Waals surface area contributed by atoms with Gasteiger partial charge in [-0.15, -0.1) is 0 Å². The highest BCUT2D eigenvalue weighted by atomic mass is 33.1. The molecule has 2 atom stereocenters. The Labute approximate surface area is 302 Å². The number of aliphatic hydroxyl groups is 2. The van der Waals surface area contributed by atoms with Gasteiger partial charge in [0.1, 0.15) is 6.04 Å². The van der Waals surface area contributed by atoms with Crippen molar-refractivity contribution in [3.05, 3.63) is 72.9 Å². The second-order valence-corrected chi connectivity index (χ2v) is 14.7. The summed E-state index contributed by atoms with van der Waals surface area (Å²) in [6, 6.07) is -0.986. The van der Waals surface area contributed by atoms with Gasteiger partial charge in [0.25, 0.3) is 0 Å². The van der Waals surface area contributed by atoms with Crippen LogP contribution in [0.4, 0.5) is 0 Å². The van der Waals surface area contributed by atoms with Crippen molar-refractivity contribution in [3.8, 4) is 0 Å². The summed E-state index contributed by atoms with van der Waals surface area (Å²) in [4.78, 5) is 39.0. The Morgan fingerprint density at radius 2 is 1.37 bits per heavy atom. The van der Waals surface area contributed by atoms with E-state index in [1.165, 1.54) is 33.5 Å². The number of guanidine groups is 1. The van der Waals surface area contributed by atoms with Crippen molar-refractivity contribution in [3.63, 3.8) is 0 Å². The minimum atomic E-state index is -1.13. The van der Waals surface area contributed by atoms with E-state index < -0.39 is 35.3 Å². The molecule has 0 aliphatic rings. The minimum Gasteiger partial charge on any atom is -0.394 e.